The van der Waals surface area contributed by atoms with E-state index in [2.05, 4.69) is 6.92 Å². The molecule has 1 amide bonds. The third kappa shape index (κ3) is 3.35. The van der Waals surface area contributed by atoms with Crippen molar-refractivity contribution in [2.24, 2.45) is 5.73 Å². The molecule has 2 N–H and O–H groups in total. The maximum atomic E-state index is 11.5. The molecule has 0 saturated heterocycles. The first-order valence-electron chi connectivity index (χ1n) is 5.71. The van der Waals surface area contributed by atoms with E-state index in [1.165, 1.54) is 0 Å². The van der Waals surface area contributed by atoms with Crippen LogP contribution in [0, 0.1) is 0 Å². The summed E-state index contributed by atoms with van der Waals surface area (Å²) in [5, 5.41) is 0. The van der Waals surface area contributed by atoms with Gasteiger partial charge < -0.3 is 5.73 Å². The van der Waals surface area contributed by atoms with E-state index in [0.29, 0.717) is 0 Å². The number of hydrogen-bond donors (Lipinski definition) is 1. The van der Waals surface area contributed by atoms with Gasteiger partial charge in [0.25, 0.3) is 0 Å². The van der Waals surface area contributed by atoms with Crippen molar-refractivity contribution in [1.82, 2.24) is 4.90 Å². The topological polar surface area (TPSA) is 46.3 Å². The van der Waals surface area contributed by atoms with Crippen molar-refractivity contribution in [3.8, 4) is 0 Å². The second kappa shape index (κ2) is 6.28. The molecule has 1 aromatic carbocycles. The summed E-state index contributed by atoms with van der Waals surface area (Å²) in [7, 11) is 1.94. The van der Waals surface area contributed by atoms with E-state index >= 15 is 0 Å². The SMILES string of the molecule is CCCCN(C)[C@H](C(N)=O)c1ccccc1. The Morgan fingerprint density at radius 3 is 2.50 bits per heavy atom. The first kappa shape index (κ1) is 12.7. The van der Waals surface area contributed by atoms with Crippen molar-refractivity contribution in [2.45, 2.75) is 25.8 Å². The summed E-state index contributed by atoms with van der Waals surface area (Å²) in [6, 6.07) is 9.37. The zero-order chi connectivity index (χ0) is 12.0. The second-order valence-electron chi connectivity index (χ2n) is 4.05. The van der Waals surface area contributed by atoms with Crippen LogP contribution in [0.25, 0.3) is 0 Å². The van der Waals surface area contributed by atoms with E-state index in [9.17, 15) is 4.79 Å². The lowest BCUT2D eigenvalue weighted by molar-refractivity contribution is -0.123. The molecule has 0 aromatic heterocycles. The van der Waals surface area contributed by atoms with Gasteiger partial charge in [0.15, 0.2) is 0 Å². The van der Waals surface area contributed by atoms with Crippen LogP contribution in [0.15, 0.2) is 30.3 Å². The van der Waals surface area contributed by atoms with Gasteiger partial charge in [0, 0.05) is 0 Å². The van der Waals surface area contributed by atoms with Gasteiger partial charge in [-0.1, -0.05) is 43.7 Å². The van der Waals surface area contributed by atoms with E-state index in [1.807, 2.05) is 42.3 Å². The Morgan fingerprint density at radius 2 is 2.00 bits per heavy atom. The average molecular weight is 220 g/mol. The highest BCUT2D eigenvalue weighted by molar-refractivity contribution is 5.81. The van der Waals surface area contributed by atoms with Crippen molar-refractivity contribution >= 4 is 5.91 Å². The minimum atomic E-state index is -0.312. The molecule has 1 aromatic rings. The molecule has 88 valence electrons. The molecule has 0 aliphatic heterocycles. The van der Waals surface area contributed by atoms with Gasteiger partial charge in [-0.2, -0.15) is 0 Å². The first-order valence-corrected chi connectivity index (χ1v) is 5.71. The van der Waals surface area contributed by atoms with Gasteiger partial charge in [-0.15, -0.1) is 0 Å². The molecule has 0 unspecified atom stereocenters. The maximum Gasteiger partial charge on any atom is 0.239 e. The molecule has 0 aliphatic rings. The van der Waals surface area contributed by atoms with Gasteiger partial charge >= 0.3 is 0 Å². The smallest absolute Gasteiger partial charge is 0.239 e. The molecule has 1 rings (SSSR count). The van der Waals surface area contributed by atoms with Gasteiger partial charge in [0.2, 0.25) is 5.91 Å². The Hall–Kier alpha value is -1.35. The largest absolute Gasteiger partial charge is 0.368 e. The Kier molecular flexibility index (Phi) is 4.99. The molecule has 0 saturated carbocycles. The fourth-order valence-electron chi connectivity index (χ4n) is 1.81. The van der Waals surface area contributed by atoms with Crippen molar-refractivity contribution in [2.75, 3.05) is 13.6 Å². The quantitative estimate of drug-likeness (QED) is 0.796. The summed E-state index contributed by atoms with van der Waals surface area (Å²) >= 11 is 0. The lowest BCUT2D eigenvalue weighted by Gasteiger charge is -2.25. The molecule has 0 heterocycles. The molecular formula is C13H20N2O. The molecule has 16 heavy (non-hydrogen) atoms. The van der Waals surface area contributed by atoms with Crippen LogP contribution >= 0.6 is 0 Å². The van der Waals surface area contributed by atoms with E-state index in [1.54, 1.807) is 0 Å². The Balaban J connectivity index is 2.79. The highest BCUT2D eigenvalue weighted by Gasteiger charge is 2.21. The molecule has 0 radical (unpaired) electrons. The number of carbonyl (C=O) groups is 1. The zero-order valence-corrected chi connectivity index (χ0v) is 10.0. The number of benzene rings is 1. The summed E-state index contributed by atoms with van der Waals surface area (Å²) in [5.41, 5.74) is 6.43. The van der Waals surface area contributed by atoms with E-state index in [0.717, 1.165) is 24.9 Å². The van der Waals surface area contributed by atoms with Crippen LogP contribution in [0.5, 0.6) is 0 Å². The van der Waals surface area contributed by atoms with Crippen LogP contribution in [-0.4, -0.2) is 24.4 Å². The molecule has 0 bridgehead atoms. The van der Waals surface area contributed by atoms with E-state index < -0.39 is 0 Å². The van der Waals surface area contributed by atoms with Crippen LogP contribution < -0.4 is 5.73 Å². The highest BCUT2D eigenvalue weighted by atomic mass is 16.1. The summed E-state index contributed by atoms with van der Waals surface area (Å²) in [5.74, 6) is -0.287. The molecule has 3 nitrogen and oxygen atoms in total. The van der Waals surface area contributed by atoms with Crippen LogP contribution in [0.3, 0.4) is 0 Å². The lowest BCUT2D eigenvalue weighted by Crippen LogP contribution is -2.35. The van der Waals surface area contributed by atoms with Crippen LogP contribution in [-0.2, 0) is 4.79 Å². The number of carbonyl (C=O) groups excluding carboxylic acids is 1. The van der Waals surface area contributed by atoms with Crippen molar-refractivity contribution < 1.29 is 4.79 Å². The number of unbranched alkanes of at least 4 members (excludes halogenated alkanes) is 1. The van der Waals surface area contributed by atoms with E-state index in [-0.39, 0.29) is 11.9 Å². The lowest BCUT2D eigenvalue weighted by atomic mass is 10.0. The zero-order valence-electron chi connectivity index (χ0n) is 10.0. The first-order chi connectivity index (χ1) is 7.66. The standard InChI is InChI=1S/C13H20N2O/c1-3-4-10-15(2)12(13(14)16)11-8-6-5-7-9-11/h5-9,12H,3-4,10H2,1-2H3,(H2,14,16)/t12-/m0/s1. The second-order valence-corrected chi connectivity index (χ2v) is 4.05. The number of rotatable bonds is 6. The molecular weight excluding hydrogens is 200 g/mol. The molecule has 0 aliphatic carbocycles. The fraction of sp³-hybridized carbons (Fsp3) is 0.462. The third-order valence-corrected chi connectivity index (χ3v) is 2.69. The fourth-order valence-corrected chi connectivity index (χ4v) is 1.81. The predicted octanol–water partition coefficient (Wildman–Crippen LogP) is 1.94. The van der Waals surface area contributed by atoms with Crippen molar-refractivity contribution in [1.29, 1.82) is 0 Å². The summed E-state index contributed by atoms with van der Waals surface area (Å²) in [4.78, 5) is 13.5. The van der Waals surface area contributed by atoms with E-state index in [4.69, 9.17) is 5.73 Å². The number of nitrogens with two attached hydrogens (primary N) is 1. The van der Waals surface area contributed by atoms with Crippen LogP contribution in [0.2, 0.25) is 0 Å². The Labute approximate surface area is 97.2 Å². The average Bonchev–Trinajstić information content (AvgIpc) is 2.27. The monoisotopic (exact) mass is 220 g/mol. The Morgan fingerprint density at radius 1 is 1.38 bits per heavy atom. The summed E-state index contributed by atoms with van der Waals surface area (Å²) < 4.78 is 0. The molecule has 1 atom stereocenters. The molecule has 0 fully saturated rings. The minimum Gasteiger partial charge on any atom is -0.368 e. The van der Waals surface area contributed by atoms with Crippen molar-refractivity contribution in [3.63, 3.8) is 0 Å². The minimum absolute atomic E-state index is 0.287. The maximum absolute atomic E-state index is 11.5. The third-order valence-electron chi connectivity index (χ3n) is 2.69. The van der Waals surface area contributed by atoms with Gasteiger partial charge in [-0.05, 0) is 25.6 Å². The molecule has 3 heteroatoms. The van der Waals surface area contributed by atoms with Gasteiger partial charge in [0.1, 0.15) is 6.04 Å². The number of primary amides is 1. The van der Waals surface area contributed by atoms with Gasteiger partial charge in [0.05, 0.1) is 0 Å². The predicted molar refractivity (Wildman–Crippen MR) is 65.9 cm³/mol. The van der Waals surface area contributed by atoms with Crippen LogP contribution in [0.4, 0.5) is 0 Å². The molecule has 0 spiro atoms. The van der Waals surface area contributed by atoms with Gasteiger partial charge in [-0.3, -0.25) is 9.69 Å². The highest BCUT2D eigenvalue weighted by Crippen LogP contribution is 2.18. The van der Waals surface area contributed by atoms with Crippen molar-refractivity contribution in [3.05, 3.63) is 35.9 Å². The number of amides is 1. The van der Waals surface area contributed by atoms with Crippen LogP contribution in [0.1, 0.15) is 31.4 Å². The number of likely N-dealkylation sites (N-methyl/N-ethyl adjacent to an activating group) is 1. The Bertz CT molecular complexity index is 324. The summed E-state index contributed by atoms with van der Waals surface area (Å²) in [6.45, 7) is 3.02. The number of hydrogen-bond acceptors (Lipinski definition) is 2. The number of nitrogens with zero attached hydrogens (tertiary/aromatic N) is 1. The normalized spacial score (nSPS) is 12.7. The van der Waals surface area contributed by atoms with Gasteiger partial charge in [-0.25, -0.2) is 0 Å². The summed E-state index contributed by atoms with van der Waals surface area (Å²) in [6.07, 6.45) is 2.19.